The summed E-state index contributed by atoms with van der Waals surface area (Å²) in [6.45, 7) is 6.62. The molecule has 1 N–H and O–H groups in total. The fourth-order valence-electron chi connectivity index (χ4n) is 3.90. The normalized spacial score (nSPS) is 15.3. The first-order chi connectivity index (χ1) is 16.4. The molecule has 1 atom stereocenters. The average molecular weight is 502 g/mol. The predicted molar refractivity (Wildman–Crippen MR) is 130 cm³/mol. The van der Waals surface area contributed by atoms with Crippen molar-refractivity contribution >= 4 is 27.7 Å². The predicted octanol–water partition coefficient (Wildman–Crippen LogP) is 2.56. The van der Waals surface area contributed by atoms with E-state index in [1.807, 2.05) is 20.8 Å². The van der Waals surface area contributed by atoms with Gasteiger partial charge in [-0.15, -0.1) is 0 Å². The highest BCUT2D eigenvalue weighted by Crippen LogP contribution is 2.30. The second-order valence-electron chi connectivity index (χ2n) is 9.35. The molecule has 35 heavy (non-hydrogen) atoms. The summed E-state index contributed by atoms with van der Waals surface area (Å²) in [7, 11) is -2.63. The summed E-state index contributed by atoms with van der Waals surface area (Å²) >= 11 is 0. The van der Waals surface area contributed by atoms with E-state index in [2.05, 4.69) is 5.32 Å². The molecular weight excluding hydrogens is 470 g/mol. The van der Waals surface area contributed by atoms with E-state index in [-0.39, 0.29) is 22.9 Å². The molecule has 0 saturated carbocycles. The van der Waals surface area contributed by atoms with E-state index < -0.39 is 40.0 Å². The van der Waals surface area contributed by atoms with Crippen LogP contribution in [-0.4, -0.2) is 60.6 Å². The van der Waals surface area contributed by atoms with Crippen LogP contribution in [0.15, 0.2) is 53.4 Å². The second kappa shape index (κ2) is 10.1. The smallest absolute Gasteiger partial charge is 0.269 e. The first-order valence-corrected chi connectivity index (χ1v) is 12.7. The monoisotopic (exact) mass is 501 g/mol. The largest absolute Gasteiger partial charge is 0.497 e. The summed E-state index contributed by atoms with van der Waals surface area (Å²) in [5.74, 6) is -1.14. The highest BCUT2D eigenvalue weighted by molar-refractivity contribution is 7.90. The van der Waals surface area contributed by atoms with E-state index in [9.17, 15) is 22.8 Å². The van der Waals surface area contributed by atoms with Gasteiger partial charge in [-0.3, -0.25) is 14.4 Å². The Morgan fingerprint density at radius 2 is 1.71 bits per heavy atom. The lowest BCUT2D eigenvalue weighted by Gasteiger charge is -2.33. The lowest BCUT2D eigenvalue weighted by Crippen LogP contribution is -2.55. The van der Waals surface area contributed by atoms with Crippen LogP contribution in [0.4, 0.5) is 0 Å². The third-order valence-electron chi connectivity index (χ3n) is 5.59. The third kappa shape index (κ3) is 5.64. The van der Waals surface area contributed by atoms with E-state index in [0.29, 0.717) is 16.5 Å². The van der Waals surface area contributed by atoms with Crippen LogP contribution < -0.4 is 10.1 Å². The summed E-state index contributed by atoms with van der Waals surface area (Å²) < 4.78 is 31.7. The molecule has 3 amide bonds. The first-order valence-electron chi connectivity index (χ1n) is 11.3. The summed E-state index contributed by atoms with van der Waals surface area (Å²) in [5.41, 5.74) is 0.217. The van der Waals surface area contributed by atoms with Crippen molar-refractivity contribution in [2.75, 3.05) is 13.7 Å². The number of nitrogens with one attached hydrogen (secondary N) is 1. The van der Waals surface area contributed by atoms with Gasteiger partial charge in [-0.25, -0.2) is 12.7 Å². The van der Waals surface area contributed by atoms with Gasteiger partial charge in [-0.1, -0.05) is 31.2 Å². The van der Waals surface area contributed by atoms with Crippen LogP contribution in [0.3, 0.4) is 0 Å². The number of amides is 3. The standard InChI is InChI=1S/C25H31N3O6S/c1-6-20(23(30)26-25(2,3)4)27(15-17-11-13-18(34-5)14-12-17)22(29)16-28-24(31)19-9-7-8-10-21(19)35(28,32)33/h7-14,20H,6,15-16H2,1-5H3,(H,26,30)/t20-/m0/s1. The molecule has 0 spiro atoms. The van der Waals surface area contributed by atoms with Crippen molar-refractivity contribution in [2.24, 2.45) is 0 Å². The van der Waals surface area contributed by atoms with Crippen molar-refractivity contribution in [3.63, 3.8) is 0 Å². The van der Waals surface area contributed by atoms with Gasteiger partial charge >= 0.3 is 0 Å². The molecule has 2 aromatic carbocycles. The molecule has 9 nitrogen and oxygen atoms in total. The topological polar surface area (TPSA) is 113 Å². The molecule has 0 bridgehead atoms. The maximum absolute atomic E-state index is 13.5. The summed E-state index contributed by atoms with van der Waals surface area (Å²) in [6, 6.07) is 12.0. The van der Waals surface area contributed by atoms with E-state index in [0.717, 1.165) is 5.56 Å². The molecule has 188 valence electrons. The van der Waals surface area contributed by atoms with Crippen LogP contribution in [0.5, 0.6) is 5.75 Å². The Labute approximate surface area is 206 Å². The number of rotatable bonds is 8. The molecule has 1 aliphatic heterocycles. The van der Waals surface area contributed by atoms with E-state index in [4.69, 9.17) is 4.74 Å². The van der Waals surface area contributed by atoms with E-state index >= 15 is 0 Å². The molecule has 0 radical (unpaired) electrons. The number of fused-ring (bicyclic) bond motifs is 1. The number of ether oxygens (including phenoxy) is 1. The molecule has 0 aliphatic carbocycles. The number of carbonyl (C=O) groups is 3. The quantitative estimate of drug-likeness (QED) is 0.595. The number of benzene rings is 2. The van der Waals surface area contributed by atoms with E-state index in [1.54, 1.807) is 44.4 Å². The molecule has 0 unspecified atom stereocenters. The molecule has 0 fully saturated rings. The van der Waals surface area contributed by atoms with Crippen molar-refractivity contribution in [1.82, 2.24) is 14.5 Å². The van der Waals surface area contributed by atoms with Crippen molar-refractivity contribution in [3.8, 4) is 5.75 Å². The number of sulfonamides is 1. The van der Waals surface area contributed by atoms with Gasteiger partial charge in [0.15, 0.2) is 0 Å². The molecule has 1 heterocycles. The zero-order valence-corrected chi connectivity index (χ0v) is 21.4. The number of hydrogen-bond acceptors (Lipinski definition) is 6. The lowest BCUT2D eigenvalue weighted by molar-refractivity contribution is -0.141. The van der Waals surface area contributed by atoms with Gasteiger partial charge in [0.05, 0.1) is 12.7 Å². The van der Waals surface area contributed by atoms with Crippen molar-refractivity contribution < 1.29 is 27.5 Å². The van der Waals surface area contributed by atoms with Gasteiger partial charge in [0.25, 0.3) is 15.9 Å². The fourth-order valence-corrected chi connectivity index (χ4v) is 5.42. The molecule has 10 heteroatoms. The van der Waals surface area contributed by atoms with Crippen molar-refractivity contribution in [2.45, 2.75) is 57.1 Å². The van der Waals surface area contributed by atoms with Crippen LogP contribution in [0.1, 0.15) is 50.0 Å². The van der Waals surface area contributed by atoms with Crippen LogP contribution in [0, 0.1) is 0 Å². The number of hydrogen-bond donors (Lipinski definition) is 1. The van der Waals surface area contributed by atoms with Gasteiger partial charge in [-0.2, -0.15) is 0 Å². The highest BCUT2D eigenvalue weighted by atomic mass is 32.2. The maximum atomic E-state index is 13.5. The van der Waals surface area contributed by atoms with E-state index in [1.165, 1.54) is 23.1 Å². The Morgan fingerprint density at radius 1 is 1.09 bits per heavy atom. The van der Waals surface area contributed by atoms with Gasteiger partial charge in [-0.05, 0) is 57.0 Å². The first kappa shape index (κ1) is 26.2. The van der Waals surface area contributed by atoms with Crippen molar-refractivity contribution in [3.05, 3.63) is 59.7 Å². The summed E-state index contributed by atoms with van der Waals surface area (Å²) in [5, 5.41) is 2.89. The van der Waals surface area contributed by atoms with Gasteiger partial charge in [0.1, 0.15) is 23.2 Å². The number of carbonyl (C=O) groups excluding carboxylic acids is 3. The number of methoxy groups -OCH3 is 1. The Bertz CT molecular complexity index is 1220. The zero-order valence-electron chi connectivity index (χ0n) is 20.6. The lowest BCUT2D eigenvalue weighted by atomic mass is 10.1. The minimum atomic E-state index is -4.17. The van der Waals surface area contributed by atoms with Gasteiger partial charge < -0.3 is 15.0 Å². The molecule has 1 aliphatic rings. The van der Waals surface area contributed by atoms with Crippen molar-refractivity contribution in [1.29, 1.82) is 0 Å². The molecular formula is C25H31N3O6S. The fraction of sp³-hybridized carbons (Fsp3) is 0.400. The van der Waals surface area contributed by atoms with Crippen LogP contribution in [0.2, 0.25) is 0 Å². The molecule has 0 saturated heterocycles. The molecule has 0 aromatic heterocycles. The molecule has 2 aromatic rings. The Morgan fingerprint density at radius 3 is 2.26 bits per heavy atom. The van der Waals surface area contributed by atoms with Gasteiger partial charge in [0, 0.05) is 12.1 Å². The Hall–Kier alpha value is -3.40. The third-order valence-corrected chi connectivity index (χ3v) is 7.37. The summed E-state index contributed by atoms with van der Waals surface area (Å²) in [4.78, 5) is 40.7. The maximum Gasteiger partial charge on any atom is 0.269 e. The van der Waals surface area contributed by atoms with Crippen LogP contribution in [0.25, 0.3) is 0 Å². The highest BCUT2D eigenvalue weighted by Gasteiger charge is 2.43. The SMILES string of the molecule is CC[C@@H](C(=O)NC(C)(C)C)N(Cc1ccc(OC)cc1)C(=O)CN1C(=O)c2ccccc2S1(=O)=O. The second-order valence-corrected chi connectivity index (χ2v) is 11.2. The minimum absolute atomic E-state index is 0.0273. The molecule has 3 rings (SSSR count). The summed E-state index contributed by atoms with van der Waals surface area (Å²) in [6.07, 6.45) is 0.296. The van der Waals surface area contributed by atoms with Crippen LogP contribution >= 0.6 is 0 Å². The van der Waals surface area contributed by atoms with Crippen LogP contribution in [-0.2, 0) is 26.2 Å². The Kier molecular flexibility index (Phi) is 7.54. The zero-order chi connectivity index (χ0) is 26.0. The average Bonchev–Trinajstić information content (AvgIpc) is 2.99. The Balaban J connectivity index is 1.93. The number of nitrogens with zero attached hydrogens (tertiary/aromatic N) is 2. The minimum Gasteiger partial charge on any atom is -0.497 e. The van der Waals surface area contributed by atoms with Gasteiger partial charge in [0.2, 0.25) is 11.8 Å².